The van der Waals surface area contributed by atoms with Gasteiger partial charge in [0.15, 0.2) is 0 Å². The lowest BCUT2D eigenvalue weighted by molar-refractivity contribution is -0.117. The zero-order valence-corrected chi connectivity index (χ0v) is 7.53. The third-order valence-electron chi connectivity index (χ3n) is 2.27. The minimum atomic E-state index is -0.235. The summed E-state index contributed by atoms with van der Waals surface area (Å²) in [4.78, 5) is 12.8. The number of carbonyl (C=O) groups is 1. The minimum absolute atomic E-state index is 0.0817. The molecule has 2 N–H and O–H groups in total. The molecule has 2 rings (SSSR count). The van der Waals surface area contributed by atoms with Gasteiger partial charge in [-0.15, -0.1) is 0 Å². The maximum absolute atomic E-state index is 10.8. The van der Waals surface area contributed by atoms with Crippen molar-refractivity contribution in [2.45, 2.75) is 13.0 Å². The highest BCUT2D eigenvalue weighted by Gasteiger charge is 2.38. The normalized spacial score (nSPS) is 20.1. The van der Waals surface area contributed by atoms with Crippen LogP contribution in [0, 0.1) is 6.92 Å². The summed E-state index contributed by atoms with van der Waals surface area (Å²) in [6.07, 6.45) is 0. The molecule has 0 aromatic heterocycles. The van der Waals surface area contributed by atoms with Crippen LogP contribution in [0.5, 0.6) is 0 Å². The quantitative estimate of drug-likeness (QED) is 0.673. The van der Waals surface area contributed by atoms with Crippen molar-refractivity contribution in [2.24, 2.45) is 5.73 Å². The van der Waals surface area contributed by atoms with Crippen LogP contribution in [-0.2, 0) is 4.79 Å². The molecule has 1 amide bonds. The van der Waals surface area contributed by atoms with Gasteiger partial charge in [0.05, 0.1) is 0 Å². The molecule has 0 unspecified atom stereocenters. The molecule has 1 aromatic carbocycles. The summed E-state index contributed by atoms with van der Waals surface area (Å²) in [5, 5.41) is 0. The van der Waals surface area contributed by atoms with Crippen LogP contribution < -0.4 is 10.6 Å². The van der Waals surface area contributed by atoms with E-state index < -0.39 is 0 Å². The van der Waals surface area contributed by atoms with Gasteiger partial charge in [0, 0.05) is 12.2 Å². The Kier molecular flexibility index (Phi) is 1.72. The van der Waals surface area contributed by atoms with Crippen LogP contribution in [0.1, 0.15) is 5.56 Å². The van der Waals surface area contributed by atoms with Gasteiger partial charge in [0.2, 0.25) is 5.91 Å². The van der Waals surface area contributed by atoms with E-state index in [4.69, 9.17) is 5.73 Å². The predicted molar refractivity (Wildman–Crippen MR) is 51.5 cm³/mol. The van der Waals surface area contributed by atoms with Gasteiger partial charge >= 0.3 is 0 Å². The second-order valence-electron chi connectivity index (χ2n) is 3.41. The number of nitrogens with zero attached hydrogens (tertiary/aromatic N) is 1. The van der Waals surface area contributed by atoms with E-state index in [2.05, 4.69) is 6.07 Å². The zero-order chi connectivity index (χ0) is 9.42. The summed E-state index contributed by atoms with van der Waals surface area (Å²) in [5.74, 6) is -0.235. The lowest BCUT2D eigenvalue weighted by Crippen LogP contribution is -2.21. The molecule has 1 aromatic rings. The third-order valence-corrected chi connectivity index (χ3v) is 2.27. The van der Waals surface area contributed by atoms with Gasteiger partial charge in [-0.3, -0.25) is 4.79 Å². The van der Waals surface area contributed by atoms with E-state index in [9.17, 15) is 4.79 Å². The molecule has 1 atom stereocenters. The maximum Gasteiger partial charge on any atom is 0.241 e. The molecular formula is C10H12N2O. The molecule has 0 radical (unpaired) electrons. The summed E-state index contributed by atoms with van der Waals surface area (Å²) in [7, 11) is 0. The molecule has 3 nitrogen and oxygen atoms in total. The van der Waals surface area contributed by atoms with E-state index in [1.165, 1.54) is 5.56 Å². The van der Waals surface area contributed by atoms with Crippen molar-refractivity contribution >= 4 is 11.6 Å². The summed E-state index contributed by atoms with van der Waals surface area (Å²) < 4.78 is 0. The second-order valence-corrected chi connectivity index (χ2v) is 3.41. The maximum atomic E-state index is 10.8. The molecule has 1 saturated heterocycles. The number of hydrogen-bond acceptors (Lipinski definition) is 2. The van der Waals surface area contributed by atoms with Gasteiger partial charge in [-0.1, -0.05) is 12.1 Å². The number of benzene rings is 1. The molecule has 0 aliphatic carbocycles. The van der Waals surface area contributed by atoms with Gasteiger partial charge in [-0.2, -0.15) is 0 Å². The van der Waals surface area contributed by atoms with E-state index in [1.807, 2.05) is 30.0 Å². The van der Waals surface area contributed by atoms with E-state index >= 15 is 0 Å². The van der Waals surface area contributed by atoms with Gasteiger partial charge < -0.3 is 10.6 Å². The first-order valence-electron chi connectivity index (χ1n) is 4.31. The number of carbonyl (C=O) groups excluding carboxylic acids is 1. The number of rotatable bonds is 2. The Morgan fingerprint density at radius 2 is 2.38 bits per heavy atom. The average molecular weight is 176 g/mol. The first-order chi connectivity index (χ1) is 6.18. The molecule has 0 bridgehead atoms. The van der Waals surface area contributed by atoms with Crippen LogP contribution in [-0.4, -0.2) is 18.5 Å². The van der Waals surface area contributed by atoms with Crippen molar-refractivity contribution in [3.8, 4) is 0 Å². The summed E-state index contributed by atoms with van der Waals surface area (Å²) in [5.41, 5.74) is 7.47. The van der Waals surface area contributed by atoms with E-state index in [1.54, 1.807) is 0 Å². The Bertz CT molecular complexity index is 349. The summed E-state index contributed by atoms with van der Waals surface area (Å²) >= 11 is 0. The van der Waals surface area contributed by atoms with Crippen LogP contribution in [0.2, 0.25) is 0 Å². The van der Waals surface area contributed by atoms with Crippen LogP contribution >= 0.6 is 0 Å². The molecule has 68 valence electrons. The largest absolute Gasteiger partial charge is 0.368 e. The molecule has 0 spiro atoms. The van der Waals surface area contributed by atoms with Crippen LogP contribution in [0.15, 0.2) is 24.3 Å². The molecule has 0 saturated carbocycles. The highest BCUT2D eigenvalue weighted by atomic mass is 16.1. The van der Waals surface area contributed by atoms with Crippen LogP contribution in [0.3, 0.4) is 0 Å². The average Bonchev–Trinajstić information content (AvgIpc) is 2.82. The lowest BCUT2D eigenvalue weighted by atomic mass is 10.2. The fourth-order valence-corrected chi connectivity index (χ4v) is 1.47. The minimum Gasteiger partial charge on any atom is -0.368 e. The van der Waals surface area contributed by atoms with Crippen molar-refractivity contribution in [3.63, 3.8) is 0 Å². The highest BCUT2D eigenvalue weighted by Crippen LogP contribution is 2.27. The molecule has 1 aliphatic rings. The van der Waals surface area contributed by atoms with Crippen LogP contribution in [0.25, 0.3) is 0 Å². The smallest absolute Gasteiger partial charge is 0.241 e. The third kappa shape index (κ3) is 1.49. The second kappa shape index (κ2) is 2.76. The van der Waals surface area contributed by atoms with Gasteiger partial charge in [0.1, 0.15) is 6.04 Å². The molecule has 1 aliphatic heterocycles. The summed E-state index contributed by atoms with van der Waals surface area (Å²) in [6.45, 7) is 2.80. The number of nitrogens with two attached hydrogens (primary N) is 1. The SMILES string of the molecule is Cc1cccc(N2C[C@H]2C(N)=O)c1. The number of hydrogen-bond donors (Lipinski definition) is 1. The molecule has 1 fully saturated rings. The topological polar surface area (TPSA) is 46.1 Å². The first kappa shape index (κ1) is 8.10. The van der Waals surface area contributed by atoms with Crippen molar-refractivity contribution in [1.82, 2.24) is 0 Å². The predicted octanol–water partition coefficient (Wildman–Crippen LogP) is 0.669. The Morgan fingerprint density at radius 1 is 1.62 bits per heavy atom. The fraction of sp³-hybridized carbons (Fsp3) is 0.300. The Balaban J connectivity index is 2.16. The number of primary amides is 1. The number of aryl methyl sites for hydroxylation is 1. The van der Waals surface area contributed by atoms with Gasteiger partial charge in [-0.05, 0) is 24.6 Å². The van der Waals surface area contributed by atoms with E-state index in [-0.39, 0.29) is 11.9 Å². The van der Waals surface area contributed by atoms with Gasteiger partial charge in [-0.25, -0.2) is 0 Å². The van der Waals surface area contributed by atoms with Crippen molar-refractivity contribution in [3.05, 3.63) is 29.8 Å². The first-order valence-corrected chi connectivity index (χ1v) is 4.31. The van der Waals surface area contributed by atoms with Crippen molar-refractivity contribution in [1.29, 1.82) is 0 Å². The van der Waals surface area contributed by atoms with E-state index in [0.29, 0.717) is 0 Å². The van der Waals surface area contributed by atoms with Crippen LogP contribution in [0.4, 0.5) is 5.69 Å². The monoisotopic (exact) mass is 176 g/mol. The lowest BCUT2D eigenvalue weighted by Gasteiger charge is -2.04. The Hall–Kier alpha value is -1.51. The Morgan fingerprint density at radius 3 is 2.92 bits per heavy atom. The number of amides is 1. The molecule has 13 heavy (non-hydrogen) atoms. The van der Waals surface area contributed by atoms with Crippen molar-refractivity contribution in [2.75, 3.05) is 11.4 Å². The van der Waals surface area contributed by atoms with Gasteiger partial charge in [0.25, 0.3) is 0 Å². The van der Waals surface area contributed by atoms with E-state index in [0.717, 1.165) is 12.2 Å². The molecule has 1 heterocycles. The molecule has 3 heteroatoms. The highest BCUT2D eigenvalue weighted by molar-refractivity contribution is 5.89. The zero-order valence-electron chi connectivity index (χ0n) is 7.53. The van der Waals surface area contributed by atoms with Crippen molar-refractivity contribution < 1.29 is 4.79 Å². The standard InChI is InChI=1S/C10H12N2O/c1-7-3-2-4-8(5-7)12-6-9(12)10(11)13/h2-5,9H,6H2,1H3,(H2,11,13)/t9-,12?/m0/s1. The molecular weight excluding hydrogens is 164 g/mol. The fourth-order valence-electron chi connectivity index (χ4n) is 1.47. The Labute approximate surface area is 77.1 Å². The number of anilines is 1. The summed E-state index contributed by atoms with van der Waals surface area (Å²) in [6, 6.07) is 7.99.